The smallest absolute Gasteiger partial charge is 0.238 e. The third kappa shape index (κ3) is 4.83. The number of hydrogen-bond acceptors (Lipinski definition) is 4. The van der Waals surface area contributed by atoms with Crippen LogP contribution in [0.5, 0.6) is 0 Å². The Labute approximate surface area is 171 Å². The third-order valence-electron chi connectivity index (χ3n) is 3.93. The van der Waals surface area contributed by atoms with E-state index in [-0.39, 0.29) is 18.2 Å². The Kier molecular flexibility index (Phi) is 6.42. The van der Waals surface area contributed by atoms with E-state index >= 15 is 0 Å². The molecule has 0 spiro atoms. The van der Waals surface area contributed by atoms with E-state index in [4.69, 9.17) is 23.2 Å². The monoisotopic (exact) mass is 421 g/mol. The Bertz CT molecular complexity index is 887. The predicted molar refractivity (Wildman–Crippen MR) is 112 cm³/mol. The van der Waals surface area contributed by atoms with Gasteiger partial charge in [0.15, 0.2) is 5.17 Å². The molecule has 1 saturated heterocycles. The summed E-state index contributed by atoms with van der Waals surface area (Å²) < 4.78 is 0. The highest BCUT2D eigenvalue weighted by Crippen LogP contribution is 2.31. The molecule has 140 valence electrons. The molecule has 1 heterocycles. The quantitative estimate of drug-likeness (QED) is 0.757. The molecule has 1 aliphatic rings. The number of amides is 2. The summed E-state index contributed by atoms with van der Waals surface area (Å²) in [5, 5.41) is 3.76. The molecule has 2 aromatic carbocycles. The number of aliphatic imine (C=N–C) groups is 1. The number of anilines is 1. The van der Waals surface area contributed by atoms with Crippen molar-refractivity contribution >= 4 is 63.3 Å². The second-order valence-corrected chi connectivity index (χ2v) is 7.80. The fourth-order valence-electron chi connectivity index (χ4n) is 2.55. The topological polar surface area (TPSA) is 61.8 Å². The second kappa shape index (κ2) is 8.78. The minimum Gasteiger partial charge on any atom is -0.324 e. The SMILES string of the molecule is CCN1C(=O)CC(C(=O)Nc2ccccc2Cl)SC1=Nc1ccc(Cl)cc1. The summed E-state index contributed by atoms with van der Waals surface area (Å²) in [5.41, 5.74) is 1.19. The van der Waals surface area contributed by atoms with Gasteiger partial charge in [-0.3, -0.25) is 14.5 Å². The van der Waals surface area contributed by atoms with Gasteiger partial charge in [0.25, 0.3) is 0 Å². The molecular weight excluding hydrogens is 405 g/mol. The van der Waals surface area contributed by atoms with Crippen LogP contribution in [0, 0.1) is 0 Å². The molecule has 0 bridgehead atoms. The van der Waals surface area contributed by atoms with E-state index in [0.29, 0.717) is 33.1 Å². The number of para-hydroxylation sites is 1. The highest BCUT2D eigenvalue weighted by molar-refractivity contribution is 8.15. The number of halogens is 2. The molecule has 1 fully saturated rings. The number of rotatable bonds is 4. The minimum atomic E-state index is -0.581. The normalized spacial score (nSPS) is 18.6. The van der Waals surface area contributed by atoms with Crippen LogP contribution in [0.1, 0.15) is 13.3 Å². The number of nitrogens with zero attached hydrogens (tertiary/aromatic N) is 2. The van der Waals surface area contributed by atoms with Crippen molar-refractivity contribution in [1.82, 2.24) is 4.90 Å². The zero-order chi connectivity index (χ0) is 19.4. The molecular formula is C19H17Cl2N3O2S. The van der Waals surface area contributed by atoms with E-state index < -0.39 is 5.25 Å². The molecule has 0 radical (unpaired) electrons. The van der Waals surface area contributed by atoms with Gasteiger partial charge >= 0.3 is 0 Å². The summed E-state index contributed by atoms with van der Waals surface area (Å²) in [6, 6.07) is 14.0. The summed E-state index contributed by atoms with van der Waals surface area (Å²) in [6.07, 6.45) is 0.106. The summed E-state index contributed by atoms with van der Waals surface area (Å²) in [4.78, 5) is 31.3. The van der Waals surface area contributed by atoms with Crippen LogP contribution in [0.2, 0.25) is 10.0 Å². The van der Waals surface area contributed by atoms with E-state index in [1.807, 2.05) is 6.92 Å². The Hall–Kier alpha value is -2.02. The maximum Gasteiger partial charge on any atom is 0.238 e. The molecule has 0 aromatic heterocycles. The molecule has 2 aromatic rings. The van der Waals surface area contributed by atoms with Crippen molar-refractivity contribution in [3.8, 4) is 0 Å². The Balaban J connectivity index is 1.81. The zero-order valence-electron chi connectivity index (χ0n) is 14.5. The largest absolute Gasteiger partial charge is 0.324 e. The lowest BCUT2D eigenvalue weighted by Crippen LogP contribution is -2.45. The summed E-state index contributed by atoms with van der Waals surface area (Å²) in [6.45, 7) is 2.36. The van der Waals surface area contributed by atoms with Gasteiger partial charge in [-0.25, -0.2) is 4.99 Å². The van der Waals surface area contributed by atoms with E-state index in [9.17, 15) is 9.59 Å². The van der Waals surface area contributed by atoms with Crippen LogP contribution >= 0.6 is 35.0 Å². The third-order valence-corrected chi connectivity index (χ3v) is 5.70. The molecule has 0 aliphatic carbocycles. The van der Waals surface area contributed by atoms with Gasteiger partial charge in [-0.2, -0.15) is 0 Å². The van der Waals surface area contributed by atoms with Gasteiger partial charge in [0.05, 0.1) is 16.4 Å². The lowest BCUT2D eigenvalue weighted by molar-refractivity contribution is -0.129. The fraction of sp³-hybridized carbons (Fsp3) is 0.211. The molecule has 0 saturated carbocycles. The van der Waals surface area contributed by atoms with E-state index in [1.165, 1.54) is 11.8 Å². The van der Waals surface area contributed by atoms with Gasteiger partial charge in [0, 0.05) is 18.0 Å². The van der Waals surface area contributed by atoms with Gasteiger partial charge in [0.2, 0.25) is 11.8 Å². The zero-order valence-corrected chi connectivity index (χ0v) is 16.8. The van der Waals surface area contributed by atoms with Crippen LogP contribution in [0.4, 0.5) is 11.4 Å². The maximum absolute atomic E-state index is 12.7. The molecule has 1 N–H and O–H groups in total. The highest BCUT2D eigenvalue weighted by atomic mass is 35.5. The van der Waals surface area contributed by atoms with Gasteiger partial charge in [-0.05, 0) is 43.3 Å². The first-order valence-corrected chi connectivity index (χ1v) is 9.98. The standard InChI is InChI=1S/C19H17Cl2N3O2S/c1-2-24-17(25)11-16(18(26)23-15-6-4-3-5-14(15)21)27-19(24)22-13-9-7-12(20)8-10-13/h3-10,16H,2,11H2,1H3,(H,23,26). The van der Waals surface area contributed by atoms with E-state index in [2.05, 4.69) is 10.3 Å². The molecule has 1 atom stereocenters. The van der Waals surface area contributed by atoms with Crippen molar-refractivity contribution in [1.29, 1.82) is 0 Å². The molecule has 2 amide bonds. The number of benzene rings is 2. The van der Waals surface area contributed by atoms with E-state index in [0.717, 1.165) is 0 Å². The van der Waals surface area contributed by atoms with Crippen molar-refractivity contribution in [3.05, 3.63) is 58.6 Å². The van der Waals surface area contributed by atoms with Gasteiger partial charge in [0.1, 0.15) is 5.25 Å². The summed E-state index contributed by atoms with van der Waals surface area (Å²) >= 11 is 13.3. The van der Waals surface area contributed by atoms with Crippen LogP contribution in [0.3, 0.4) is 0 Å². The lowest BCUT2D eigenvalue weighted by atomic mass is 10.2. The first kappa shape index (κ1) is 19.7. The first-order chi connectivity index (χ1) is 13.0. The van der Waals surface area contributed by atoms with Crippen LogP contribution in [0.25, 0.3) is 0 Å². The van der Waals surface area contributed by atoms with Crippen LogP contribution in [0.15, 0.2) is 53.5 Å². The van der Waals surface area contributed by atoms with Gasteiger partial charge < -0.3 is 5.32 Å². The average Bonchev–Trinajstić information content (AvgIpc) is 2.65. The van der Waals surface area contributed by atoms with Crippen molar-refractivity contribution < 1.29 is 9.59 Å². The minimum absolute atomic E-state index is 0.106. The fourth-order valence-corrected chi connectivity index (χ4v) is 4.03. The van der Waals surface area contributed by atoms with Crippen molar-refractivity contribution in [2.24, 2.45) is 4.99 Å². The lowest BCUT2D eigenvalue weighted by Gasteiger charge is -2.31. The van der Waals surface area contributed by atoms with Crippen LogP contribution in [-0.2, 0) is 9.59 Å². The van der Waals surface area contributed by atoms with E-state index in [1.54, 1.807) is 53.4 Å². The number of amidine groups is 1. The van der Waals surface area contributed by atoms with Gasteiger partial charge in [-0.15, -0.1) is 0 Å². The molecule has 8 heteroatoms. The maximum atomic E-state index is 12.7. The van der Waals surface area contributed by atoms with Crippen LogP contribution < -0.4 is 5.32 Å². The average molecular weight is 422 g/mol. The summed E-state index contributed by atoms with van der Waals surface area (Å²) in [7, 11) is 0. The van der Waals surface area contributed by atoms with Crippen LogP contribution in [-0.4, -0.2) is 33.7 Å². The number of nitrogens with one attached hydrogen (secondary N) is 1. The predicted octanol–water partition coefficient (Wildman–Crippen LogP) is 4.97. The summed E-state index contributed by atoms with van der Waals surface area (Å²) in [5.74, 6) is -0.413. The van der Waals surface area contributed by atoms with Crippen molar-refractivity contribution in [3.63, 3.8) is 0 Å². The number of thioether (sulfide) groups is 1. The highest BCUT2D eigenvalue weighted by Gasteiger charge is 2.35. The molecule has 3 rings (SSSR count). The van der Waals surface area contributed by atoms with Crippen molar-refractivity contribution in [2.75, 3.05) is 11.9 Å². The molecule has 1 unspecified atom stereocenters. The molecule has 1 aliphatic heterocycles. The Morgan fingerprint density at radius 3 is 2.59 bits per heavy atom. The number of hydrogen-bond donors (Lipinski definition) is 1. The Morgan fingerprint density at radius 1 is 1.22 bits per heavy atom. The molecule has 27 heavy (non-hydrogen) atoms. The number of carbonyl (C=O) groups excluding carboxylic acids is 2. The first-order valence-electron chi connectivity index (χ1n) is 8.34. The van der Waals surface area contributed by atoms with Crippen molar-refractivity contribution in [2.45, 2.75) is 18.6 Å². The Morgan fingerprint density at radius 2 is 1.93 bits per heavy atom. The number of carbonyl (C=O) groups is 2. The second-order valence-electron chi connectivity index (χ2n) is 5.79. The molecule has 5 nitrogen and oxygen atoms in total. The van der Waals surface area contributed by atoms with Gasteiger partial charge in [-0.1, -0.05) is 47.1 Å².